The van der Waals surface area contributed by atoms with Crippen molar-refractivity contribution < 1.29 is 28.4 Å². The van der Waals surface area contributed by atoms with Gasteiger partial charge in [0.25, 0.3) is 0 Å². The third-order valence-electron chi connectivity index (χ3n) is 11.8. The number of nitrogens with one attached hydrogen (secondary N) is 1. The first-order valence-corrected chi connectivity index (χ1v) is 18.7. The molecule has 5 fully saturated rings. The molecule has 3 heterocycles. The summed E-state index contributed by atoms with van der Waals surface area (Å²) >= 11 is 0. The van der Waals surface area contributed by atoms with E-state index in [9.17, 15) is 14.2 Å². The molecule has 14 heteroatoms. The van der Waals surface area contributed by atoms with E-state index in [1.54, 1.807) is 31.7 Å². The molecule has 3 N–H and O–H groups in total. The van der Waals surface area contributed by atoms with Crippen molar-refractivity contribution in [3.8, 4) is 0 Å². The lowest BCUT2D eigenvalue weighted by Gasteiger charge is -2.59. The fourth-order valence-corrected chi connectivity index (χ4v) is 12.5. The number of esters is 2. The number of anilines is 1. The largest absolute Gasteiger partial charge is 0.464 e. The second kappa shape index (κ2) is 11.2. The molecule has 0 spiro atoms. The van der Waals surface area contributed by atoms with Crippen LogP contribution in [0, 0.1) is 22.7 Å². The zero-order valence-corrected chi connectivity index (χ0v) is 28.4. The summed E-state index contributed by atoms with van der Waals surface area (Å²) in [6.45, 7) is 7.91. The molecule has 2 aromatic heterocycles. The van der Waals surface area contributed by atoms with Crippen LogP contribution in [0.25, 0.3) is 11.2 Å². The summed E-state index contributed by atoms with van der Waals surface area (Å²) in [5.74, 6) is 0.703. The number of nitrogens with zero attached hydrogens (tertiary/aromatic N) is 5. The number of rotatable bonds is 12. The molecule has 2 unspecified atom stereocenters. The Bertz CT molecular complexity index is 1510. The molecule has 5 aliphatic rings. The van der Waals surface area contributed by atoms with E-state index in [1.807, 2.05) is 6.92 Å². The Hall–Kier alpha value is -2.60. The van der Waals surface area contributed by atoms with E-state index >= 15 is 0 Å². The third kappa shape index (κ3) is 5.35. The zero-order chi connectivity index (χ0) is 32.5. The Morgan fingerprint density at radius 1 is 1.04 bits per heavy atom. The molecular formula is C32H48N7O6P. The molecule has 46 heavy (non-hydrogen) atoms. The van der Waals surface area contributed by atoms with Gasteiger partial charge >= 0.3 is 11.9 Å². The van der Waals surface area contributed by atoms with Crippen LogP contribution in [-0.2, 0) is 34.9 Å². The van der Waals surface area contributed by atoms with Crippen molar-refractivity contribution >= 4 is 36.4 Å². The molecule has 3 atom stereocenters. The van der Waals surface area contributed by atoms with Crippen LogP contribution in [0.15, 0.2) is 12.7 Å². The van der Waals surface area contributed by atoms with Crippen molar-refractivity contribution in [3.63, 3.8) is 0 Å². The van der Waals surface area contributed by atoms with E-state index in [2.05, 4.69) is 20.0 Å². The maximum atomic E-state index is 14.6. The summed E-state index contributed by atoms with van der Waals surface area (Å²) < 4.78 is 36.1. The van der Waals surface area contributed by atoms with Gasteiger partial charge < -0.3 is 24.5 Å². The van der Waals surface area contributed by atoms with Gasteiger partial charge in [0.05, 0.1) is 32.2 Å². The molecule has 2 aromatic rings. The minimum Gasteiger partial charge on any atom is -0.464 e. The topological polar surface area (TPSA) is 164 Å². The minimum absolute atomic E-state index is 0.0365. The van der Waals surface area contributed by atoms with Crippen molar-refractivity contribution in [2.45, 2.75) is 116 Å². The summed E-state index contributed by atoms with van der Waals surface area (Å²) in [7, 11) is -3.59. The summed E-state index contributed by atoms with van der Waals surface area (Å²) in [5.41, 5.74) is 4.20. The van der Waals surface area contributed by atoms with Crippen LogP contribution in [0.3, 0.4) is 0 Å². The number of hydrogen-bond acceptors (Lipinski definition) is 10. The molecule has 4 aliphatic carbocycles. The van der Waals surface area contributed by atoms with Gasteiger partial charge in [-0.15, -0.1) is 0 Å². The van der Waals surface area contributed by atoms with Gasteiger partial charge in [0.1, 0.15) is 23.7 Å². The first kappa shape index (κ1) is 32.0. The standard InChI is InChI=1S/C32H48N7O6P/c1-21(15-38-19-36-24-25(33)34-18-35-26(24)38)45-20-46(42)37-30(4,28(41)44-17-32-11-7-23(14-32)8-12-32)39(46)29(2,3)27(40)43-16-31-9-5-22(13-31)6-10-31/h18-19,21-23H,5-17,20H2,1-4H3,(H,37,42)(H2,33,34,35)/t21-,22?,23?,30?,31?,32?,46?/m1/s1. The van der Waals surface area contributed by atoms with Gasteiger partial charge in [-0.25, -0.2) is 24.8 Å². The normalized spacial score (nSPS) is 35.8. The van der Waals surface area contributed by atoms with Crippen LogP contribution in [0.1, 0.15) is 91.9 Å². The van der Waals surface area contributed by atoms with Crippen LogP contribution in [-0.4, -0.2) is 73.0 Å². The SMILES string of the molecule is C[C@H](Cn1cnc2c(N)ncnc21)OCP1(=O)NC(C)(C(=O)OCC23CCC(CC2)C3)N1C(C)(C)C(=O)OCC12CCC(CC1)C2. The van der Waals surface area contributed by atoms with E-state index in [0.717, 1.165) is 50.4 Å². The molecule has 252 valence electrons. The molecule has 0 amide bonds. The number of ether oxygens (including phenoxy) is 3. The van der Waals surface area contributed by atoms with Crippen molar-refractivity contribution in [1.82, 2.24) is 29.3 Å². The zero-order valence-electron chi connectivity index (χ0n) is 27.5. The van der Waals surface area contributed by atoms with Crippen molar-refractivity contribution in [2.75, 3.05) is 25.3 Å². The van der Waals surface area contributed by atoms with Gasteiger partial charge in [-0.05, 0) is 104 Å². The number of nitrogen functional groups attached to an aromatic ring is 1. The number of hydrogen-bond donors (Lipinski definition) is 2. The van der Waals surface area contributed by atoms with Crippen LogP contribution in [0.2, 0.25) is 0 Å². The van der Waals surface area contributed by atoms with Crippen molar-refractivity contribution in [3.05, 3.63) is 12.7 Å². The maximum Gasteiger partial charge on any atom is 0.342 e. The molecule has 7 rings (SSSR count). The fourth-order valence-electron chi connectivity index (χ4n) is 9.36. The molecule has 4 saturated carbocycles. The first-order valence-electron chi connectivity index (χ1n) is 16.8. The molecule has 13 nitrogen and oxygen atoms in total. The molecule has 0 aromatic carbocycles. The van der Waals surface area contributed by atoms with Crippen molar-refractivity contribution in [1.29, 1.82) is 0 Å². The van der Waals surface area contributed by atoms with E-state index in [4.69, 9.17) is 19.9 Å². The van der Waals surface area contributed by atoms with Crippen LogP contribution < -0.4 is 10.8 Å². The van der Waals surface area contributed by atoms with E-state index in [-0.39, 0.29) is 23.0 Å². The van der Waals surface area contributed by atoms with Crippen LogP contribution in [0.5, 0.6) is 0 Å². The molecular weight excluding hydrogens is 609 g/mol. The summed E-state index contributed by atoms with van der Waals surface area (Å²) in [4.78, 5) is 40.3. The third-order valence-corrected chi connectivity index (χ3v) is 14.6. The van der Waals surface area contributed by atoms with Gasteiger partial charge in [-0.2, -0.15) is 4.67 Å². The highest BCUT2D eigenvalue weighted by atomic mass is 31.2. The predicted octanol–water partition coefficient (Wildman–Crippen LogP) is 4.61. The van der Waals surface area contributed by atoms with Gasteiger partial charge in [0, 0.05) is 10.8 Å². The number of carbonyl (C=O) groups is 2. The average molecular weight is 658 g/mol. The Balaban J connectivity index is 1.07. The summed E-state index contributed by atoms with van der Waals surface area (Å²) in [6.07, 6.45) is 13.5. The van der Waals surface area contributed by atoms with Gasteiger partial charge in [-0.1, -0.05) is 0 Å². The number of carbonyl (C=O) groups excluding carboxylic acids is 2. The molecule has 0 radical (unpaired) electrons. The highest BCUT2D eigenvalue weighted by Gasteiger charge is 2.68. The molecule has 4 bridgehead atoms. The van der Waals surface area contributed by atoms with E-state index < -0.39 is 36.7 Å². The van der Waals surface area contributed by atoms with Crippen LogP contribution >= 0.6 is 7.44 Å². The fraction of sp³-hybridized carbons (Fsp3) is 0.781. The number of nitrogens with two attached hydrogens (primary N) is 1. The monoisotopic (exact) mass is 657 g/mol. The second-order valence-electron chi connectivity index (χ2n) is 15.6. The number of imidazole rings is 1. The molecule has 1 saturated heterocycles. The highest BCUT2D eigenvalue weighted by molar-refractivity contribution is 7.61. The minimum atomic E-state index is -3.59. The molecule has 1 aliphatic heterocycles. The summed E-state index contributed by atoms with van der Waals surface area (Å²) in [6, 6.07) is 0. The van der Waals surface area contributed by atoms with E-state index in [0.29, 0.717) is 30.9 Å². The Labute approximate surface area is 270 Å². The Kier molecular flexibility index (Phi) is 7.81. The van der Waals surface area contributed by atoms with Gasteiger partial charge in [-0.3, -0.25) is 9.36 Å². The summed E-state index contributed by atoms with van der Waals surface area (Å²) in [5, 5.41) is 3.05. The second-order valence-corrected chi connectivity index (χ2v) is 17.9. The van der Waals surface area contributed by atoms with Crippen LogP contribution in [0.4, 0.5) is 5.82 Å². The van der Waals surface area contributed by atoms with E-state index in [1.165, 1.54) is 36.7 Å². The Morgan fingerprint density at radius 3 is 2.24 bits per heavy atom. The van der Waals surface area contributed by atoms with Gasteiger partial charge in [0.15, 0.2) is 17.1 Å². The maximum absolute atomic E-state index is 14.6. The number of fused-ring (bicyclic) bond motifs is 5. The lowest BCUT2D eigenvalue weighted by molar-refractivity contribution is -0.174. The van der Waals surface area contributed by atoms with Gasteiger partial charge in [0.2, 0.25) is 7.44 Å². The average Bonchev–Trinajstić information content (AvgIpc) is 3.85. The number of aromatic nitrogens is 4. The quantitative estimate of drug-likeness (QED) is 0.241. The van der Waals surface area contributed by atoms with Crippen molar-refractivity contribution in [2.24, 2.45) is 22.7 Å². The first-order chi connectivity index (χ1) is 21.8. The highest BCUT2D eigenvalue weighted by Crippen LogP contribution is 2.64. The Morgan fingerprint density at radius 2 is 1.65 bits per heavy atom. The predicted molar refractivity (Wildman–Crippen MR) is 170 cm³/mol. The lowest BCUT2D eigenvalue weighted by Crippen LogP contribution is -2.77. The smallest absolute Gasteiger partial charge is 0.342 e. The lowest BCUT2D eigenvalue weighted by atomic mass is 9.85.